The van der Waals surface area contributed by atoms with E-state index in [0.717, 1.165) is 12.8 Å². The molecule has 0 unspecified atom stereocenters. The quantitative estimate of drug-likeness (QED) is 0.125. The van der Waals surface area contributed by atoms with Crippen LogP contribution in [0.3, 0.4) is 0 Å². The van der Waals surface area contributed by atoms with Crippen LogP contribution in [0.1, 0.15) is 55.5 Å². The average Bonchev–Trinajstić information content (AvgIpc) is 3.51. The summed E-state index contributed by atoms with van der Waals surface area (Å²) in [5.41, 5.74) is 1.29. The Kier molecular flexibility index (Phi) is 10.5. The lowest BCUT2D eigenvalue weighted by atomic mass is 9.79. The van der Waals surface area contributed by atoms with Crippen LogP contribution >= 0.6 is 0 Å². The van der Waals surface area contributed by atoms with Crippen LogP contribution in [0.25, 0.3) is 0 Å². The van der Waals surface area contributed by atoms with E-state index in [2.05, 4.69) is 10.6 Å². The summed E-state index contributed by atoms with van der Waals surface area (Å²) in [6.45, 7) is 4.56. The van der Waals surface area contributed by atoms with Crippen molar-refractivity contribution in [2.45, 2.75) is 45.6 Å². The summed E-state index contributed by atoms with van der Waals surface area (Å²) in [5.74, 6) is -3.70. The van der Waals surface area contributed by atoms with Crippen molar-refractivity contribution in [3.05, 3.63) is 92.3 Å². The molecule has 13 heteroatoms. The molecule has 232 valence electrons. The highest BCUT2D eigenvalue weighted by Gasteiger charge is 2.41. The second-order valence-electron chi connectivity index (χ2n) is 10.2. The van der Waals surface area contributed by atoms with Crippen LogP contribution in [0.4, 0.5) is 11.4 Å². The minimum Gasteiger partial charge on any atom is -0.459 e. The number of anilines is 1. The van der Waals surface area contributed by atoms with Gasteiger partial charge in [-0.15, -0.1) is 0 Å². The minimum atomic E-state index is -1.17. The number of nitro benzene ring substituents is 1. The Hall–Kier alpha value is -5.04. The third-order valence-corrected chi connectivity index (χ3v) is 7.06. The van der Waals surface area contributed by atoms with E-state index in [1.807, 2.05) is 0 Å². The molecule has 0 aromatic heterocycles. The van der Waals surface area contributed by atoms with Gasteiger partial charge >= 0.3 is 17.9 Å². The number of dihydropyridines is 1. The summed E-state index contributed by atoms with van der Waals surface area (Å²) < 4.78 is 21.7. The Balaban J connectivity index is 1.50. The Bertz CT molecular complexity index is 1510. The summed E-state index contributed by atoms with van der Waals surface area (Å²) in [5, 5.41) is 17.6. The van der Waals surface area contributed by atoms with E-state index in [1.54, 1.807) is 32.0 Å². The molecule has 1 amide bonds. The number of rotatable bonds is 11. The molecule has 2 aliphatic rings. The van der Waals surface area contributed by atoms with Crippen molar-refractivity contribution in [3.8, 4) is 0 Å². The van der Waals surface area contributed by atoms with Gasteiger partial charge in [-0.3, -0.25) is 14.9 Å². The van der Waals surface area contributed by atoms with Crippen LogP contribution < -0.4 is 10.6 Å². The van der Waals surface area contributed by atoms with Crippen LogP contribution in [-0.4, -0.2) is 61.3 Å². The smallest absolute Gasteiger partial charge is 0.338 e. The number of benzene rings is 2. The Morgan fingerprint density at radius 3 is 2.14 bits per heavy atom. The number of carbonyl (C=O) groups excluding carboxylic acids is 4. The van der Waals surface area contributed by atoms with Crippen molar-refractivity contribution in [2.24, 2.45) is 0 Å². The maximum absolute atomic E-state index is 13.5. The molecule has 2 heterocycles. The van der Waals surface area contributed by atoms with Crippen molar-refractivity contribution in [1.82, 2.24) is 5.32 Å². The van der Waals surface area contributed by atoms with Crippen molar-refractivity contribution >= 4 is 35.2 Å². The Morgan fingerprint density at radius 2 is 1.55 bits per heavy atom. The van der Waals surface area contributed by atoms with Crippen LogP contribution in [0.2, 0.25) is 0 Å². The third kappa shape index (κ3) is 7.67. The highest BCUT2D eigenvalue weighted by atomic mass is 16.6. The van der Waals surface area contributed by atoms with Crippen molar-refractivity contribution in [3.63, 3.8) is 0 Å². The van der Waals surface area contributed by atoms with Crippen LogP contribution in [-0.2, 0) is 33.3 Å². The predicted molar refractivity (Wildman–Crippen MR) is 156 cm³/mol. The largest absolute Gasteiger partial charge is 0.459 e. The molecule has 2 atom stereocenters. The number of nitrogens with one attached hydrogen (secondary N) is 2. The lowest BCUT2D eigenvalue weighted by Crippen LogP contribution is -2.33. The van der Waals surface area contributed by atoms with E-state index in [1.165, 1.54) is 37.3 Å². The molecule has 44 heavy (non-hydrogen) atoms. The molecule has 2 aliphatic heterocycles. The highest BCUT2D eigenvalue weighted by molar-refractivity contribution is 6.00. The summed E-state index contributed by atoms with van der Waals surface area (Å²) in [6.07, 6.45) is 1.34. The van der Waals surface area contributed by atoms with E-state index >= 15 is 0 Å². The van der Waals surface area contributed by atoms with Gasteiger partial charge in [-0.1, -0.05) is 18.2 Å². The molecule has 1 saturated heterocycles. The summed E-state index contributed by atoms with van der Waals surface area (Å²) in [4.78, 5) is 61.9. The molecule has 0 bridgehead atoms. The average molecular weight is 608 g/mol. The number of nitro groups is 1. The second-order valence-corrected chi connectivity index (χ2v) is 10.2. The van der Waals surface area contributed by atoms with E-state index in [0.29, 0.717) is 23.7 Å². The maximum atomic E-state index is 13.5. The van der Waals surface area contributed by atoms with Gasteiger partial charge in [0.25, 0.3) is 5.69 Å². The number of ether oxygens (including phenoxy) is 4. The van der Waals surface area contributed by atoms with E-state index in [4.69, 9.17) is 18.9 Å². The normalized spacial score (nSPS) is 17.9. The van der Waals surface area contributed by atoms with Gasteiger partial charge < -0.3 is 29.6 Å². The Labute approximate surface area is 253 Å². The second kappa shape index (κ2) is 14.4. The number of nitrogens with zero attached hydrogens (tertiary/aromatic N) is 1. The number of allylic oxidation sites excluding steroid dienone is 2. The first-order valence-electron chi connectivity index (χ1n) is 14.0. The topological polar surface area (TPSA) is 172 Å². The zero-order valence-electron chi connectivity index (χ0n) is 24.5. The summed E-state index contributed by atoms with van der Waals surface area (Å²) in [7, 11) is 0. The van der Waals surface area contributed by atoms with Gasteiger partial charge in [0.05, 0.1) is 33.7 Å². The van der Waals surface area contributed by atoms with Crippen LogP contribution in [0.15, 0.2) is 71.1 Å². The Morgan fingerprint density at radius 1 is 0.932 bits per heavy atom. The van der Waals surface area contributed by atoms with E-state index < -0.39 is 28.7 Å². The van der Waals surface area contributed by atoms with Gasteiger partial charge in [0.2, 0.25) is 5.91 Å². The SMILES string of the molecule is CC(=O)Nc1ccc(C(=O)OCCOC(=O)C2=C(C)NC(C)=C(C(=O)OC[C@H]3CCCO3)[C@@H]2c2ccccc2[N+](=O)[O-])cc1. The third-order valence-electron chi connectivity index (χ3n) is 7.06. The number of carbonyl (C=O) groups is 4. The number of hydrogen-bond donors (Lipinski definition) is 2. The minimum absolute atomic E-state index is 0.00300. The standard InChI is InChI=1S/C31H33N3O10/c1-18-26(30(37)43-16-15-42-29(36)21-10-12-22(13-11-21)33-20(3)35)28(24-8-4-5-9-25(24)34(39)40)27(19(2)32-18)31(38)44-17-23-7-6-14-41-23/h4-5,8-13,23,28,32H,6-7,14-17H2,1-3H3,(H,33,35)/t23-,28-/m1/s1. The number of amides is 1. The van der Waals surface area contributed by atoms with Gasteiger partial charge in [0.1, 0.15) is 19.8 Å². The summed E-state index contributed by atoms with van der Waals surface area (Å²) in [6, 6.07) is 11.9. The molecule has 0 saturated carbocycles. The molecule has 4 rings (SSSR count). The predicted octanol–water partition coefficient (Wildman–Crippen LogP) is 3.91. The lowest BCUT2D eigenvalue weighted by Gasteiger charge is -2.30. The first-order valence-corrected chi connectivity index (χ1v) is 14.0. The highest BCUT2D eigenvalue weighted by Crippen LogP contribution is 2.42. The van der Waals surface area contributed by atoms with Gasteiger partial charge in [-0.25, -0.2) is 14.4 Å². The molecular formula is C31H33N3O10. The van der Waals surface area contributed by atoms with Gasteiger partial charge in [-0.2, -0.15) is 0 Å². The van der Waals surface area contributed by atoms with Crippen molar-refractivity contribution in [1.29, 1.82) is 0 Å². The fraction of sp³-hybridized carbons (Fsp3) is 0.355. The van der Waals surface area contributed by atoms with Crippen LogP contribution in [0.5, 0.6) is 0 Å². The fourth-order valence-electron chi connectivity index (χ4n) is 5.09. The van der Waals surface area contributed by atoms with Gasteiger partial charge in [0, 0.05) is 42.2 Å². The lowest BCUT2D eigenvalue weighted by molar-refractivity contribution is -0.385. The van der Waals surface area contributed by atoms with E-state index in [9.17, 15) is 29.3 Å². The molecule has 0 spiro atoms. The molecule has 1 fully saturated rings. The number of hydrogen-bond acceptors (Lipinski definition) is 11. The molecule has 0 radical (unpaired) electrons. The van der Waals surface area contributed by atoms with Crippen molar-refractivity contribution < 1.29 is 43.0 Å². The molecule has 2 aromatic rings. The fourth-order valence-corrected chi connectivity index (χ4v) is 5.09. The number of para-hydroxylation sites is 1. The molecular weight excluding hydrogens is 574 g/mol. The zero-order chi connectivity index (χ0) is 31.8. The molecule has 0 aliphatic carbocycles. The maximum Gasteiger partial charge on any atom is 0.338 e. The first-order chi connectivity index (χ1) is 21.1. The van der Waals surface area contributed by atoms with Crippen LogP contribution in [0, 0.1) is 10.1 Å². The molecule has 2 N–H and O–H groups in total. The zero-order valence-corrected chi connectivity index (χ0v) is 24.5. The monoisotopic (exact) mass is 607 g/mol. The van der Waals surface area contributed by atoms with Gasteiger partial charge in [-0.05, 0) is 51.0 Å². The molecule has 13 nitrogen and oxygen atoms in total. The molecule has 2 aromatic carbocycles. The summed E-state index contributed by atoms with van der Waals surface area (Å²) >= 11 is 0. The number of esters is 3. The van der Waals surface area contributed by atoms with Crippen molar-refractivity contribution in [2.75, 3.05) is 31.7 Å². The van der Waals surface area contributed by atoms with E-state index in [-0.39, 0.29) is 59.8 Å². The van der Waals surface area contributed by atoms with Gasteiger partial charge in [0.15, 0.2) is 0 Å². The first kappa shape index (κ1) is 31.9.